The lowest BCUT2D eigenvalue weighted by atomic mass is 10.1. The largest absolute Gasteiger partial charge is 0.308 e. The SMILES string of the molecule is Cc1nn(C)c(C)c1CNCc1cccc(C2CC2)c1. The van der Waals surface area contributed by atoms with E-state index in [4.69, 9.17) is 0 Å². The Bertz CT molecular complexity index is 609. The molecule has 0 aliphatic heterocycles. The molecule has 3 rings (SSSR count). The first-order valence-electron chi connectivity index (χ1n) is 7.44. The van der Waals surface area contributed by atoms with Crippen LogP contribution in [0.4, 0.5) is 0 Å². The van der Waals surface area contributed by atoms with Crippen LogP contribution in [0.3, 0.4) is 0 Å². The monoisotopic (exact) mass is 269 g/mol. The summed E-state index contributed by atoms with van der Waals surface area (Å²) in [5.41, 5.74) is 6.60. The molecule has 1 aromatic carbocycles. The van der Waals surface area contributed by atoms with Crippen LogP contribution in [-0.2, 0) is 20.1 Å². The summed E-state index contributed by atoms with van der Waals surface area (Å²) in [6.07, 6.45) is 2.73. The van der Waals surface area contributed by atoms with Crippen LogP contribution in [0.5, 0.6) is 0 Å². The van der Waals surface area contributed by atoms with Crippen molar-refractivity contribution < 1.29 is 0 Å². The van der Waals surface area contributed by atoms with E-state index in [1.54, 1.807) is 0 Å². The van der Waals surface area contributed by atoms with Crippen molar-refractivity contribution in [2.75, 3.05) is 0 Å². The number of nitrogens with zero attached hydrogens (tertiary/aromatic N) is 2. The molecule has 0 unspecified atom stereocenters. The van der Waals surface area contributed by atoms with Crippen LogP contribution in [0.2, 0.25) is 0 Å². The molecule has 0 amide bonds. The van der Waals surface area contributed by atoms with Crippen molar-refractivity contribution in [3.05, 3.63) is 52.3 Å². The Balaban J connectivity index is 1.61. The highest BCUT2D eigenvalue weighted by atomic mass is 15.3. The van der Waals surface area contributed by atoms with Gasteiger partial charge in [-0.1, -0.05) is 24.3 Å². The van der Waals surface area contributed by atoms with Crippen molar-refractivity contribution in [1.82, 2.24) is 15.1 Å². The summed E-state index contributed by atoms with van der Waals surface area (Å²) >= 11 is 0. The fourth-order valence-corrected chi connectivity index (χ4v) is 2.78. The van der Waals surface area contributed by atoms with E-state index in [0.717, 1.165) is 24.7 Å². The Kier molecular flexibility index (Phi) is 3.62. The number of benzene rings is 1. The van der Waals surface area contributed by atoms with Crippen molar-refractivity contribution in [2.24, 2.45) is 7.05 Å². The van der Waals surface area contributed by atoms with Crippen molar-refractivity contribution in [1.29, 1.82) is 0 Å². The third-order valence-corrected chi connectivity index (χ3v) is 4.29. The van der Waals surface area contributed by atoms with E-state index in [-0.39, 0.29) is 0 Å². The predicted octanol–water partition coefficient (Wildman–Crippen LogP) is 3.20. The quantitative estimate of drug-likeness (QED) is 0.903. The van der Waals surface area contributed by atoms with Gasteiger partial charge in [0, 0.05) is 31.4 Å². The molecule has 106 valence electrons. The normalized spacial score (nSPS) is 14.8. The molecule has 2 aromatic rings. The van der Waals surface area contributed by atoms with E-state index in [0.29, 0.717) is 0 Å². The van der Waals surface area contributed by atoms with E-state index in [1.165, 1.54) is 35.2 Å². The van der Waals surface area contributed by atoms with Gasteiger partial charge in [0.15, 0.2) is 0 Å². The third kappa shape index (κ3) is 2.78. The van der Waals surface area contributed by atoms with Crippen LogP contribution in [-0.4, -0.2) is 9.78 Å². The summed E-state index contributed by atoms with van der Waals surface area (Å²) in [7, 11) is 2.00. The molecule has 20 heavy (non-hydrogen) atoms. The van der Waals surface area contributed by atoms with Crippen molar-refractivity contribution >= 4 is 0 Å². The fourth-order valence-electron chi connectivity index (χ4n) is 2.78. The summed E-state index contributed by atoms with van der Waals surface area (Å²) in [6, 6.07) is 9.01. The lowest BCUT2D eigenvalue weighted by Gasteiger charge is -2.07. The standard InChI is InChI=1S/C17H23N3/c1-12-17(13(2)20(3)19-12)11-18-10-14-5-4-6-16(9-14)15-7-8-15/h4-6,9,15,18H,7-8,10-11H2,1-3H3. The van der Waals surface area contributed by atoms with Gasteiger partial charge in [-0.2, -0.15) is 5.10 Å². The van der Waals surface area contributed by atoms with E-state index in [9.17, 15) is 0 Å². The van der Waals surface area contributed by atoms with E-state index in [2.05, 4.69) is 48.5 Å². The van der Waals surface area contributed by atoms with Gasteiger partial charge in [0.2, 0.25) is 0 Å². The van der Waals surface area contributed by atoms with Crippen LogP contribution in [0.1, 0.15) is 46.8 Å². The van der Waals surface area contributed by atoms with Crippen LogP contribution in [0, 0.1) is 13.8 Å². The highest BCUT2D eigenvalue weighted by molar-refractivity contribution is 5.29. The second kappa shape index (κ2) is 5.41. The Hall–Kier alpha value is -1.61. The summed E-state index contributed by atoms with van der Waals surface area (Å²) in [5.74, 6) is 0.831. The van der Waals surface area contributed by atoms with Gasteiger partial charge in [-0.3, -0.25) is 4.68 Å². The second-order valence-electron chi connectivity index (χ2n) is 5.90. The zero-order valence-electron chi connectivity index (χ0n) is 12.6. The maximum Gasteiger partial charge on any atom is 0.0641 e. The van der Waals surface area contributed by atoms with Gasteiger partial charge in [0.25, 0.3) is 0 Å². The van der Waals surface area contributed by atoms with Gasteiger partial charge in [-0.05, 0) is 43.7 Å². The maximum atomic E-state index is 4.46. The summed E-state index contributed by atoms with van der Waals surface area (Å²) < 4.78 is 1.96. The zero-order chi connectivity index (χ0) is 14.1. The molecule has 1 fully saturated rings. The average Bonchev–Trinajstić information content (AvgIpc) is 3.24. The van der Waals surface area contributed by atoms with Crippen LogP contribution in [0.15, 0.2) is 24.3 Å². The predicted molar refractivity (Wildman–Crippen MR) is 81.6 cm³/mol. The highest BCUT2D eigenvalue weighted by Gasteiger charge is 2.23. The number of hydrogen-bond donors (Lipinski definition) is 1. The minimum absolute atomic E-state index is 0.831. The molecule has 1 heterocycles. The van der Waals surface area contributed by atoms with Gasteiger partial charge in [-0.25, -0.2) is 0 Å². The number of hydrogen-bond acceptors (Lipinski definition) is 2. The Morgan fingerprint density at radius 1 is 1.25 bits per heavy atom. The Labute approximate surface area is 121 Å². The molecular weight excluding hydrogens is 246 g/mol. The second-order valence-corrected chi connectivity index (χ2v) is 5.90. The molecule has 0 bridgehead atoms. The lowest BCUT2D eigenvalue weighted by molar-refractivity contribution is 0.683. The molecule has 1 aromatic heterocycles. The first-order valence-corrected chi connectivity index (χ1v) is 7.44. The van der Waals surface area contributed by atoms with Gasteiger partial charge in [0.05, 0.1) is 5.69 Å². The topological polar surface area (TPSA) is 29.9 Å². The minimum Gasteiger partial charge on any atom is -0.308 e. The first kappa shape index (κ1) is 13.4. The van der Waals surface area contributed by atoms with Gasteiger partial charge >= 0.3 is 0 Å². The lowest BCUT2D eigenvalue weighted by Crippen LogP contribution is -2.14. The van der Waals surface area contributed by atoms with Crippen LogP contribution < -0.4 is 5.32 Å². The van der Waals surface area contributed by atoms with Crippen molar-refractivity contribution in [2.45, 2.75) is 45.7 Å². The number of nitrogens with one attached hydrogen (secondary N) is 1. The Morgan fingerprint density at radius 3 is 2.70 bits per heavy atom. The molecular formula is C17H23N3. The minimum atomic E-state index is 0.831. The van der Waals surface area contributed by atoms with Gasteiger partial charge in [0.1, 0.15) is 0 Å². The van der Waals surface area contributed by atoms with E-state index < -0.39 is 0 Å². The average molecular weight is 269 g/mol. The van der Waals surface area contributed by atoms with Gasteiger partial charge in [-0.15, -0.1) is 0 Å². The molecule has 1 aliphatic carbocycles. The highest BCUT2D eigenvalue weighted by Crippen LogP contribution is 2.40. The third-order valence-electron chi connectivity index (χ3n) is 4.29. The van der Waals surface area contributed by atoms with Crippen molar-refractivity contribution in [3.8, 4) is 0 Å². The smallest absolute Gasteiger partial charge is 0.0641 e. The number of rotatable bonds is 5. The maximum absolute atomic E-state index is 4.46. The van der Waals surface area contributed by atoms with Gasteiger partial charge < -0.3 is 5.32 Å². The molecule has 1 aliphatic rings. The summed E-state index contributed by atoms with van der Waals surface area (Å²) in [5, 5.41) is 8.00. The zero-order valence-corrected chi connectivity index (χ0v) is 12.6. The summed E-state index contributed by atoms with van der Waals surface area (Å²) in [4.78, 5) is 0. The summed E-state index contributed by atoms with van der Waals surface area (Å²) in [6.45, 7) is 6.02. The van der Waals surface area contributed by atoms with E-state index in [1.807, 2.05) is 11.7 Å². The number of aromatic nitrogens is 2. The Morgan fingerprint density at radius 2 is 2.05 bits per heavy atom. The molecule has 0 spiro atoms. The molecule has 0 saturated heterocycles. The fraction of sp³-hybridized carbons (Fsp3) is 0.471. The molecule has 3 heteroatoms. The molecule has 0 atom stereocenters. The number of aryl methyl sites for hydroxylation is 2. The molecule has 1 saturated carbocycles. The van der Waals surface area contributed by atoms with Crippen molar-refractivity contribution in [3.63, 3.8) is 0 Å². The van der Waals surface area contributed by atoms with E-state index >= 15 is 0 Å². The van der Waals surface area contributed by atoms with Crippen LogP contribution in [0.25, 0.3) is 0 Å². The van der Waals surface area contributed by atoms with Crippen LogP contribution >= 0.6 is 0 Å². The molecule has 0 radical (unpaired) electrons. The molecule has 1 N–H and O–H groups in total. The molecule has 3 nitrogen and oxygen atoms in total. The first-order chi connectivity index (χ1) is 9.65.